The molecule has 0 aliphatic heterocycles. The number of imidazole rings is 1. The van der Waals surface area contributed by atoms with Gasteiger partial charge in [0.2, 0.25) is 0 Å². The molecule has 1 N–H and O–H groups in total. The van der Waals surface area contributed by atoms with Gasteiger partial charge in [-0.1, -0.05) is 6.07 Å². The zero-order chi connectivity index (χ0) is 11.1. The standard InChI is InChI=1S/C11H12FN2O/c1-11(2,12)10-13-7-5-4-6-8(15-3)9(7)14-10/h4-6H,3H2,1-2H3,(H,13,14). The Morgan fingerprint density at radius 1 is 1.47 bits per heavy atom. The van der Waals surface area contributed by atoms with Gasteiger partial charge in [-0.2, -0.15) is 0 Å². The van der Waals surface area contributed by atoms with Crippen molar-refractivity contribution in [3.05, 3.63) is 31.1 Å². The number of para-hydroxylation sites is 1. The number of H-pyrrole nitrogens is 1. The van der Waals surface area contributed by atoms with Crippen LogP contribution in [0, 0.1) is 7.11 Å². The lowest BCUT2D eigenvalue weighted by Crippen LogP contribution is -2.10. The van der Waals surface area contributed by atoms with Crippen LogP contribution in [0.25, 0.3) is 11.0 Å². The molecule has 3 nitrogen and oxygen atoms in total. The zero-order valence-electron chi connectivity index (χ0n) is 8.67. The summed E-state index contributed by atoms with van der Waals surface area (Å²) in [4.78, 5) is 7.08. The summed E-state index contributed by atoms with van der Waals surface area (Å²) in [5, 5.41) is 0. The molecule has 0 spiro atoms. The predicted octanol–water partition coefficient (Wildman–Crippen LogP) is 2.94. The molecule has 1 aromatic carbocycles. The highest BCUT2D eigenvalue weighted by Gasteiger charge is 2.23. The van der Waals surface area contributed by atoms with Crippen LogP contribution in [-0.2, 0) is 5.67 Å². The molecule has 15 heavy (non-hydrogen) atoms. The molecule has 0 amide bonds. The van der Waals surface area contributed by atoms with Gasteiger partial charge in [0.15, 0.2) is 5.67 Å². The SMILES string of the molecule is [CH2]Oc1cccc2[nH]c(C(C)(C)F)nc12. The molecule has 0 aliphatic carbocycles. The van der Waals surface area contributed by atoms with E-state index < -0.39 is 5.67 Å². The summed E-state index contributed by atoms with van der Waals surface area (Å²) in [6.07, 6.45) is 0. The van der Waals surface area contributed by atoms with Crippen molar-refractivity contribution in [1.82, 2.24) is 9.97 Å². The first-order valence-corrected chi connectivity index (χ1v) is 4.62. The van der Waals surface area contributed by atoms with Gasteiger partial charge in [-0.05, 0) is 26.0 Å². The second-order valence-corrected chi connectivity index (χ2v) is 3.85. The van der Waals surface area contributed by atoms with E-state index in [1.807, 2.05) is 6.07 Å². The Balaban J connectivity index is 2.65. The Hall–Kier alpha value is -1.58. The minimum Gasteiger partial charge on any atom is -0.488 e. The molecule has 4 heteroatoms. The highest BCUT2D eigenvalue weighted by molar-refractivity contribution is 5.81. The molecule has 0 fully saturated rings. The highest BCUT2D eigenvalue weighted by atomic mass is 19.1. The van der Waals surface area contributed by atoms with Gasteiger partial charge < -0.3 is 9.72 Å². The van der Waals surface area contributed by atoms with Crippen molar-refractivity contribution >= 4 is 11.0 Å². The van der Waals surface area contributed by atoms with E-state index in [9.17, 15) is 4.39 Å². The summed E-state index contributed by atoms with van der Waals surface area (Å²) < 4.78 is 18.5. The third-order valence-corrected chi connectivity index (χ3v) is 2.19. The van der Waals surface area contributed by atoms with Gasteiger partial charge in [0.1, 0.15) is 24.2 Å². The molecular formula is C11H12FN2O. The second kappa shape index (κ2) is 3.22. The fourth-order valence-corrected chi connectivity index (χ4v) is 1.40. The monoisotopic (exact) mass is 207 g/mol. The van der Waals surface area contributed by atoms with E-state index in [0.29, 0.717) is 17.1 Å². The summed E-state index contributed by atoms with van der Waals surface area (Å²) >= 11 is 0. The van der Waals surface area contributed by atoms with Crippen molar-refractivity contribution in [2.45, 2.75) is 19.5 Å². The van der Waals surface area contributed by atoms with Crippen molar-refractivity contribution in [2.24, 2.45) is 0 Å². The highest BCUT2D eigenvalue weighted by Crippen LogP contribution is 2.28. The summed E-state index contributed by atoms with van der Waals surface area (Å²) in [5.41, 5.74) is -0.137. The van der Waals surface area contributed by atoms with Crippen molar-refractivity contribution in [2.75, 3.05) is 0 Å². The maximum Gasteiger partial charge on any atom is 0.162 e. The van der Waals surface area contributed by atoms with Crippen LogP contribution < -0.4 is 4.74 Å². The lowest BCUT2D eigenvalue weighted by molar-refractivity contribution is 0.208. The van der Waals surface area contributed by atoms with Crippen molar-refractivity contribution in [1.29, 1.82) is 0 Å². The third-order valence-electron chi connectivity index (χ3n) is 2.19. The predicted molar refractivity (Wildman–Crippen MR) is 56.2 cm³/mol. The van der Waals surface area contributed by atoms with Crippen LogP contribution in [0.4, 0.5) is 4.39 Å². The molecule has 0 unspecified atom stereocenters. The maximum atomic E-state index is 13.6. The van der Waals surface area contributed by atoms with Crippen molar-refractivity contribution in [3.8, 4) is 5.75 Å². The topological polar surface area (TPSA) is 37.9 Å². The van der Waals surface area contributed by atoms with E-state index >= 15 is 0 Å². The number of rotatable bonds is 2. The first kappa shape index (κ1) is 9.96. The third kappa shape index (κ3) is 1.67. The van der Waals surface area contributed by atoms with Crippen molar-refractivity contribution in [3.63, 3.8) is 0 Å². The first-order chi connectivity index (χ1) is 7.02. The van der Waals surface area contributed by atoms with E-state index in [1.54, 1.807) is 12.1 Å². The molecular weight excluding hydrogens is 195 g/mol. The van der Waals surface area contributed by atoms with Crippen LogP contribution in [0.5, 0.6) is 5.75 Å². The lowest BCUT2D eigenvalue weighted by atomic mass is 10.2. The van der Waals surface area contributed by atoms with Crippen LogP contribution in [0.1, 0.15) is 19.7 Å². The number of hydrogen-bond donors (Lipinski definition) is 1. The Bertz CT molecular complexity index is 485. The molecule has 0 saturated carbocycles. The van der Waals surface area contributed by atoms with Gasteiger partial charge in [0.25, 0.3) is 0 Å². The Morgan fingerprint density at radius 2 is 2.20 bits per heavy atom. The molecule has 79 valence electrons. The van der Waals surface area contributed by atoms with E-state index in [4.69, 9.17) is 4.74 Å². The number of alkyl halides is 1. The number of hydrogen-bond acceptors (Lipinski definition) is 2. The molecule has 0 saturated heterocycles. The van der Waals surface area contributed by atoms with Crippen LogP contribution in [-0.4, -0.2) is 9.97 Å². The minimum atomic E-state index is -1.49. The fourth-order valence-electron chi connectivity index (χ4n) is 1.40. The number of nitrogens with zero attached hydrogens (tertiary/aromatic N) is 1. The average Bonchev–Trinajstić information content (AvgIpc) is 2.59. The first-order valence-electron chi connectivity index (χ1n) is 4.62. The molecule has 1 aromatic heterocycles. The van der Waals surface area contributed by atoms with Gasteiger partial charge in [-0.15, -0.1) is 0 Å². The van der Waals surface area contributed by atoms with E-state index in [-0.39, 0.29) is 0 Å². The Labute approximate surface area is 87.3 Å². The van der Waals surface area contributed by atoms with Crippen LogP contribution in [0.15, 0.2) is 18.2 Å². The number of nitrogens with one attached hydrogen (secondary N) is 1. The smallest absolute Gasteiger partial charge is 0.162 e. The van der Waals surface area contributed by atoms with Gasteiger partial charge in [0.05, 0.1) is 5.52 Å². The Kier molecular flexibility index (Phi) is 2.14. The number of ether oxygens (including phenoxy) is 1. The average molecular weight is 207 g/mol. The molecule has 0 atom stereocenters. The minimum absolute atomic E-state index is 0.294. The molecule has 2 rings (SSSR count). The normalized spacial score (nSPS) is 12.0. The maximum absolute atomic E-state index is 13.6. The zero-order valence-corrected chi connectivity index (χ0v) is 8.67. The lowest BCUT2D eigenvalue weighted by Gasteiger charge is -2.08. The molecule has 1 radical (unpaired) electrons. The van der Waals surface area contributed by atoms with Crippen molar-refractivity contribution < 1.29 is 9.13 Å². The van der Waals surface area contributed by atoms with E-state index in [0.717, 1.165) is 5.52 Å². The number of fused-ring (bicyclic) bond motifs is 1. The number of halogens is 1. The molecule has 0 aliphatic rings. The quantitative estimate of drug-likeness (QED) is 0.822. The van der Waals surface area contributed by atoms with E-state index in [2.05, 4.69) is 17.1 Å². The van der Waals surface area contributed by atoms with Gasteiger partial charge >= 0.3 is 0 Å². The van der Waals surface area contributed by atoms with Gasteiger partial charge in [-0.25, -0.2) is 9.37 Å². The largest absolute Gasteiger partial charge is 0.488 e. The number of benzene rings is 1. The fraction of sp³-hybridized carbons (Fsp3) is 0.273. The van der Waals surface area contributed by atoms with Gasteiger partial charge in [0, 0.05) is 0 Å². The molecule has 2 aromatic rings. The Morgan fingerprint density at radius 3 is 2.80 bits per heavy atom. The number of aromatic amines is 1. The summed E-state index contributed by atoms with van der Waals surface area (Å²) in [5.74, 6) is 0.834. The summed E-state index contributed by atoms with van der Waals surface area (Å²) in [7, 11) is 3.33. The molecule has 0 bridgehead atoms. The van der Waals surface area contributed by atoms with E-state index in [1.165, 1.54) is 13.8 Å². The van der Waals surface area contributed by atoms with Gasteiger partial charge in [-0.3, -0.25) is 0 Å². The summed E-state index contributed by atoms with van der Waals surface area (Å²) in [6, 6.07) is 5.36. The van der Waals surface area contributed by atoms with Crippen LogP contribution >= 0.6 is 0 Å². The number of aromatic nitrogens is 2. The second-order valence-electron chi connectivity index (χ2n) is 3.85. The van der Waals surface area contributed by atoms with Crippen LogP contribution in [0.3, 0.4) is 0 Å². The van der Waals surface area contributed by atoms with Crippen LogP contribution in [0.2, 0.25) is 0 Å². The summed E-state index contributed by atoms with van der Waals surface area (Å²) in [6.45, 7) is 2.91. The molecule has 1 heterocycles.